The molecule has 0 saturated carbocycles. The second-order valence-electron chi connectivity index (χ2n) is 5.59. The predicted molar refractivity (Wildman–Crippen MR) is 97.5 cm³/mol. The van der Waals surface area contributed by atoms with E-state index >= 15 is 0 Å². The number of ether oxygens (including phenoxy) is 1. The van der Waals surface area contributed by atoms with Gasteiger partial charge in [-0.05, 0) is 6.07 Å². The first-order chi connectivity index (χ1) is 12.0. The first kappa shape index (κ1) is 17.3. The molecule has 0 aliphatic heterocycles. The number of fused-ring (bicyclic) bond motifs is 1. The predicted octanol–water partition coefficient (Wildman–Crippen LogP) is 2.21. The van der Waals surface area contributed by atoms with E-state index in [1.165, 1.54) is 11.6 Å². The van der Waals surface area contributed by atoms with Crippen LogP contribution in [0, 0.1) is 0 Å². The third-order valence-electron chi connectivity index (χ3n) is 4.02. The highest BCUT2D eigenvalue weighted by Crippen LogP contribution is 2.39. The van der Waals surface area contributed by atoms with Gasteiger partial charge in [0.25, 0.3) is 5.56 Å². The van der Waals surface area contributed by atoms with Crippen LogP contribution in [0.5, 0.6) is 0 Å². The van der Waals surface area contributed by atoms with Crippen molar-refractivity contribution in [1.82, 2.24) is 9.13 Å². The standard InChI is InChI=1S/C17H18ClN3O4/c1-20-15(22)13-12(10-6-4-5-7-11(10)18)14(19-8-9-24-3)25-16(13)21(2)17(20)23/h4-7,19H,8-9H2,1-3H3. The molecule has 0 aliphatic carbocycles. The number of anilines is 1. The third-order valence-corrected chi connectivity index (χ3v) is 4.35. The highest BCUT2D eigenvalue weighted by atomic mass is 35.5. The van der Waals surface area contributed by atoms with Gasteiger partial charge in [-0.15, -0.1) is 0 Å². The van der Waals surface area contributed by atoms with E-state index in [2.05, 4.69) is 5.32 Å². The molecule has 0 aliphatic rings. The van der Waals surface area contributed by atoms with E-state index in [0.29, 0.717) is 40.6 Å². The fourth-order valence-electron chi connectivity index (χ4n) is 2.73. The van der Waals surface area contributed by atoms with E-state index in [9.17, 15) is 9.59 Å². The molecule has 25 heavy (non-hydrogen) atoms. The smallest absolute Gasteiger partial charge is 0.333 e. The van der Waals surface area contributed by atoms with Crippen LogP contribution in [0.4, 0.5) is 5.88 Å². The lowest BCUT2D eigenvalue weighted by molar-refractivity contribution is 0.210. The van der Waals surface area contributed by atoms with Gasteiger partial charge in [-0.2, -0.15) is 0 Å². The number of aromatic nitrogens is 2. The number of hydrogen-bond acceptors (Lipinski definition) is 5. The zero-order chi connectivity index (χ0) is 18.1. The topological polar surface area (TPSA) is 78.4 Å². The number of benzene rings is 1. The molecular formula is C17H18ClN3O4. The van der Waals surface area contributed by atoms with Crippen molar-refractivity contribution in [2.75, 3.05) is 25.6 Å². The maximum atomic E-state index is 12.7. The van der Waals surface area contributed by atoms with Crippen LogP contribution in [0.25, 0.3) is 22.2 Å². The van der Waals surface area contributed by atoms with Crippen molar-refractivity contribution >= 4 is 28.6 Å². The molecule has 0 fully saturated rings. The van der Waals surface area contributed by atoms with Crippen LogP contribution in [0.15, 0.2) is 38.3 Å². The molecule has 0 radical (unpaired) electrons. The number of nitrogens with zero attached hydrogens (tertiary/aromatic N) is 2. The maximum absolute atomic E-state index is 12.7. The van der Waals surface area contributed by atoms with Gasteiger partial charge in [0.05, 0.1) is 12.2 Å². The van der Waals surface area contributed by atoms with E-state index in [1.54, 1.807) is 32.4 Å². The molecule has 132 valence electrons. The molecular weight excluding hydrogens is 346 g/mol. The second-order valence-corrected chi connectivity index (χ2v) is 6.00. The fraction of sp³-hybridized carbons (Fsp3) is 0.294. The lowest BCUT2D eigenvalue weighted by Gasteiger charge is -2.07. The van der Waals surface area contributed by atoms with Crippen LogP contribution in [-0.2, 0) is 18.8 Å². The van der Waals surface area contributed by atoms with Crippen LogP contribution in [0.3, 0.4) is 0 Å². The van der Waals surface area contributed by atoms with Gasteiger partial charge in [-0.3, -0.25) is 13.9 Å². The number of rotatable bonds is 5. The number of aryl methyl sites for hydroxylation is 1. The molecule has 2 aromatic heterocycles. The first-order valence-corrected chi connectivity index (χ1v) is 8.05. The molecule has 0 bridgehead atoms. The van der Waals surface area contributed by atoms with Crippen molar-refractivity contribution < 1.29 is 9.15 Å². The van der Waals surface area contributed by atoms with Crippen molar-refractivity contribution in [3.63, 3.8) is 0 Å². The maximum Gasteiger partial charge on any atom is 0.333 e. The zero-order valence-electron chi connectivity index (χ0n) is 14.1. The quantitative estimate of drug-likeness (QED) is 0.703. The summed E-state index contributed by atoms with van der Waals surface area (Å²) in [5.74, 6) is 0.374. The number of halogens is 1. The fourth-order valence-corrected chi connectivity index (χ4v) is 2.96. The average molecular weight is 364 g/mol. The minimum absolute atomic E-state index is 0.197. The van der Waals surface area contributed by atoms with Crippen molar-refractivity contribution in [3.8, 4) is 11.1 Å². The van der Waals surface area contributed by atoms with Gasteiger partial charge in [0, 0.05) is 38.3 Å². The molecule has 0 amide bonds. The normalized spacial score (nSPS) is 11.2. The molecule has 0 saturated heterocycles. The van der Waals surface area contributed by atoms with Gasteiger partial charge in [0.15, 0.2) is 0 Å². The molecule has 0 atom stereocenters. The molecule has 3 aromatic rings. The van der Waals surface area contributed by atoms with Crippen molar-refractivity contribution in [2.24, 2.45) is 14.1 Å². The summed E-state index contributed by atoms with van der Waals surface area (Å²) in [6.07, 6.45) is 0. The van der Waals surface area contributed by atoms with Crippen LogP contribution in [0.2, 0.25) is 5.02 Å². The summed E-state index contributed by atoms with van der Waals surface area (Å²) < 4.78 is 13.2. The molecule has 0 spiro atoms. The molecule has 3 rings (SSSR count). The van der Waals surface area contributed by atoms with Crippen molar-refractivity contribution in [2.45, 2.75) is 0 Å². The summed E-state index contributed by atoms with van der Waals surface area (Å²) in [5.41, 5.74) is 0.492. The molecule has 1 aromatic carbocycles. The van der Waals surface area contributed by atoms with Crippen LogP contribution < -0.4 is 16.6 Å². The molecule has 0 unspecified atom stereocenters. The van der Waals surface area contributed by atoms with Gasteiger partial charge in [0.1, 0.15) is 5.39 Å². The highest BCUT2D eigenvalue weighted by molar-refractivity contribution is 6.34. The van der Waals surface area contributed by atoms with Crippen LogP contribution in [0.1, 0.15) is 0 Å². The summed E-state index contributed by atoms with van der Waals surface area (Å²) in [7, 11) is 4.59. The minimum Gasteiger partial charge on any atom is -0.423 e. The van der Waals surface area contributed by atoms with Crippen LogP contribution >= 0.6 is 11.6 Å². The summed E-state index contributed by atoms with van der Waals surface area (Å²) >= 11 is 6.34. The first-order valence-electron chi connectivity index (χ1n) is 7.67. The summed E-state index contributed by atoms with van der Waals surface area (Å²) in [6.45, 7) is 0.929. The number of furan rings is 1. The third kappa shape index (κ3) is 2.85. The van der Waals surface area contributed by atoms with E-state index in [4.69, 9.17) is 20.8 Å². The zero-order valence-corrected chi connectivity index (χ0v) is 14.9. The Bertz CT molecular complexity index is 1050. The average Bonchev–Trinajstić information content (AvgIpc) is 2.98. The van der Waals surface area contributed by atoms with E-state index in [-0.39, 0.29) is 5.71 Å². The van der Waals surface area contributed by atoms with Crippen molar-refractivity contribution in [1.29, 1.82) is 0 Å². The van der Waals surface area contributed by atoms with E-state index < -0.39 is 11.2 Å². The summed E-state index contributed by atoms with van der Waals surface area (Å²) in [4.78, 5) is 24.9. The Morgan fingerprint density at radius 2 is 1.92 bits per heavy atom. The van der Waals surface area contributed by atoms with Gasteiger partial charge >= 0.3 is 5.69 Å². The van der Waals surface area contributed by atoms with E-state index in [0.717, 1.165) is 4.57 Å². The monoisotopic (exact) mass is 363 g/mol. The molecule has 7 nitrogen and oxygen atoms in total. The van der Waals surface area contributed by atoms with Gasteiger partial charge < -0.3 is 14.5 Å². The Balaban J connectivity index is 2.38. The molecule has 2 heterocycles. The Labute approximate surface area is 148 Å². The highest BCUT2D eigenvalue weighted by Gasteiger charge is 2.24. The number of nitrogens with one attached hydrogen (secondary N) is 1. The lowest BCUT2D eigenvalue weighted by atomic mass is 10.1. The Morgan fingerprint density at radius 1 is 1.20 bits per heavy atom. The lowest BCUT2D eigenvalue weighted by Crippen LogP contribution is -2.36. The van der Waals surface area contributed by atoms with Gasteiger partial charge in [0.2, 0.25) is 11.6 Å². The summed E-state index contributed by atoms with van der Waals surface area (Å²) in [5, 5.41) is 3.89. The van der Waals surface area contributed by atoms with Gasteiger partial charge in [-0.25, -0.2) is 4.79 Å². The summed E-state index contributed by atoms with van der Waals surface area (Å²) in [6, 6.07) is 7.17. The number of hydrogen-bond donors (Lipinski definition) is 1. The SMILES string of the molecule is COCCNc1oc2c(c1-c1ccccc1Cl)c(=O)n(C)c(=O)n2C. The van der Waals surface area contributed by atoms with Crippen molar-refractivity contribution in [3.05, 3.63) is 50.1 Å². The molecule has 1 N–H and O–H groups in total. The number of methoxy groups -OCH3 is 1. The Morgan fingerprint density at radius 3 is 2.60 bits per heavy atom. The van der Waals surface area contributed by atoms with E-state index in [1.807, 2.05) is 6.07 Å². The largest absolute Gasteiger partial charge is 0.423 e. The van der Waals surface area contributed by atoms with Gasteiger partial charge in [-0.1, -0.05) is 29.8 Å². The Kier molecular flexibility index (Phi) is 4.69. The van der Waals surface area contributed by atoms with Crippen LogP contribution in [-0.4, -0.2) is 29.4 Å². The minimum atomic E-state index is -0.458. The Hall–Kier alpha value is -2.51. The second kappa shape index (κ2) is 6.78. The molecule has 8 heteroatoms.